The van der Waals surface area contributed by atoms with Gasteiger partial charge in [0.2, 0.25) is 0 Å². The minimum absolute atomic E-state index is 0.0582. The van der Waals surface area contributed by atoms with Gasteiger partial charge in [0.25, 0.3) is 0 Å². The van der Waals surface area contributed by atoms with E-state index in [1.807, 2.05) is 0 Å². The minimum Gasteiger partial charge on any atom is -0.302 e. The Morgan fingerprint density at radius 1 is 1.71 bits per heavy atom. The van der Waals surface area contributed by atoms with Crippen LogP contribution in [0.25, 0.3) is 0 Å². The molecule has 0 aromatic carbocycles. The highest BCUT2D eigenvalue weighted by atomic mass is 16.6. The maximum absolute atomic E-state index is 10.9. The van der Waals surface area contributed by atoms with Gasteiger partial charge in [-0.2, -0.15) is 5.10 Å². The topological polar surface area (TPSA) is 78.0 Å². The predicted octanol–water partition coefficient (Wildman–Crippen LogP) is 0.559. The first-order valence-corrected chi connectivity index (χ1v) is 4.24. The van der Waals surface area contributed by atoms with E-state index in [-0.39, 0.29) is 5.69 Å². The summed E-state index contributed by atoms with van der Waals surface area (Å²) in [5, 5.41) is 14.5. The summed E-state index contributed by atoms with van der Waals surface area (Å²) in [5.74, 6) is 0. The first-order valence-electron chi connectivity index (χ1n) is 4.24. The molecule has 0 aliphatic heterocycles. The second-order valence-corrected chi connectivity index (χ2v) is 3.53. The summed E-state index contributed by atoms with van der Waals surface area (Å²) in [4.78, 5) is 21.0. The summed E-state index contributed by atoms with van der Waals surface area (Å²) in [6.45, 7) is 0. The molecule has 1 heterocycles. The Kier molecular flexibility index (Phi) is 1.67. The molecule has 0 unspecified atom stereocenters. The van der Waals surface area contributed by atoms with E-state index in [1.54, 1.807) is 7.05 Å². The summed E-state index contributed by atoms with van der Waals surface area (Å²) in [6, 6.07) is 0. The van der Waals surface area contributed by atoms with Crippen molar-refractivity contribution in [2.45, 2.75) is 18.3 Å². The standard InChI is InChI=1S/C8H9N3O3/c1-10-7(8(5-12)2-3-8)6(4-9-10)11(13)14/h4-5H,2-3H2,1H3. The van der Waals surface area contributed by atoms with Crippen molar-refractivity contribution in [2.75, 3.05) is 0 Å². The number of hydrogen-bond donors (Lipinski definition) is 0. The van der Waals surface area contributed by atoms with Crippen molar-refractivity contribution in [3.63, 3.8) is 0 Å². The van der Waals surface area contributed by atoms with Crippen LogP contribution in [0.15, 0.2) is 6.20 Å². The molecule has 14 heavy (non-hydrogen) atoms. The largest absolute Gasteiger partial charge is 0.311 e. The lowest BCUT2D eigenvalue weighted by molar-refractivity contribution is -0.385. The molecule has 0 amide bonds. The fourth-order valence-corrected chi connectivity index (χ4v) is 1.68. The van der Waals surface area contributed by atoms with Crippen LogP contribution in [0.1, 0.15) is 18.5 Å². The lowest BCUT2D eigenvalue weighted by Crippen LogP contribution is -2.15. The van der Waals surface area contributed by atoms with E-state index in [2.05, 4.69) is 5.10 Å². The van der Waals surface area contributed by atoms with E-state index in [1.165, 1.54) is 10.9 Å². The van der Waals surface area contributed by atoms with E-state index < -0.39 is 10.3 Å². The van der Waals surface area contributed by atoms with Gasteiger partial charge in [-0.25, -0.2) is 0 Å². The molecule has 1 fully saturated rings. The Morgan fingerprint density at radius 3 is 2.79 bits per heavy atom. The van der Waals surface area contributed by atoms with Gasteiger partial charge in [0.15, 0.2) is 0 Å². The highest BCUT2D eigenvalue weighted by Gasteiger charge is 2.50. The van der Waals surface area contributed by atoms with E-state index in [9.17, 15) is 14.9 Å². The Hall–Kier alpha value is -1.72. The third kappa shape index (κ3) is 1.03. The molecular weight excluding hydrogens is 186 g/mol. The second kappa shape index (κ2) is 2.63. The van der Waals surface area contributed by atoms with Crippen molar-refractivity contribution < 1.29 is 9.72 Å². The van der Waals surface area contributed by atoms with Gasteiger partial charge in [-0.05, 0) is 12.8 Å². The summed E-state index contributed by atoms with van der Waals surface area (Å²) in [6.07, 6.45) is 3.34. The van der Waals surface area contributed by atoms with Crippen LogP contribution in [0, 0.1) is 10.1 Å². The molecule has 6 heteroatoms. The molecular formula is C8H9N3O3. The molecule has 1 aromatic heterocycles. The number of nitrogens with zero attached hydrogens (tertiary/aromatic N) is 3. The summed E-state index contributed by atoms with van der Waals surface area (Å²) < 4.78 is 1.42. The molecule has 1 aromatic rings. The highest BCUT2D eigenvalue weighted by molar-refractivity contribution is 5.74. The number of hydrogen-bond acceptors (Lipinski definition) is 4. The van der Waals surface area contributed by atoms with Crippen molar-refractivity contribution in [3.8, 4) is 0 Å². The van der Waals surface area contributed by atoms with Crippen molar-refractivity contribution in [1.82, 2.24) is 9.78 Å². The van der Waals surface area contributed by atoms with E-state index in [4.69, 9.17) is 0 Å². The van der Waals surface area contributed by atoms with E-state index in [0.717, 1.165) is 6.29 Å². The molecule has 6 nitrogen and oxygen atoms in total. The number of aromatic nitrogens is 2. The van der Waals surface area contributed by atoms with Gasteiger partial charge >= 0.3 is 5.69 Å². The zero-order valence-corrected chi connectivity index (χ0v) is 7.64. The SMILES string of the molecule is Cn1ncc([N+](=O)[O-])c1C1(C=O)CC1. The molecule has 1 aliphatic carbocycles. The van der Waals surface area contributed by atoms with Crippen molar-refractivity contribution in [3.05, 3.63) is 22.0 Å². The zero-order valence-electron chi connectivity index (χ0n) is 7.64. The lowest BCUT2D eigenvalue weighted by Gasteiger charge is -2.05. The van der Waals surface area contributed by atoms with Crippen molar-refractivity contribution >= 4 is 12.0 Å². The third-order valence-corrected chi connectivity index (χ3v) is 2.60. The fourth-order valence-electron chi connectivity index (χ4n) is 1.68. The van der Waals surface area contributed by atoms with Crippen LogP contribution in [0.4, 0.5) is 5.69 Å². The van der Waals surface area contributed by atoms with Gasteiger partial charge in [-0.1, -0.05) is 0 Å². The smallest absolute Gasteiger partial charge is 0.302 e. The van der Waals surface area contributed by atoms with Crippen molar-refractivity contribution in [2.24, 2.45) is 7.05 Å². The molecule has 0 bridgehead atoms. The number of nitro groups is 1. The molecule has 2 rings (SSSR count). The number of aryl methyl sites for hydroxylation is 1. The first-order chi connectivity index (χ1) is 6.60. The zero-order chi connectivity index (χ0) is 10.3. The average molecular weight is 195 g/mol. The van der Waals surface area contributed by atoms with Crippen LogP contribution in [0.5, 0.6) is 0 Å². The number of carbonyl (C=O) groups is 1. The highest BCUT2D eigenvalue weighted by Crippen LogP contribution is 2.48. The molecule has 0 radical (unpaired) electrons. The maximum atomic E-state index is 10.9. The van der Waals surface area contributed by atoms with E-state index in [0.29, 0.717) is 18.5 Å². The Morgan fingerprint density at radius 2 is 2.36 bits per heavy atom. The molecule has 0 saturated heterocycles. The first kappa shape index (κ1) is 8.86. The van der Waals surface area contributed by atoms with Crippen LogP contribution in [0.3, 0.4) is 0 Å². The molecule has 74 valence electrons. The minimum atomic E-state index is -0.645. The van der Waals surface area contributed by atoms with Crippen LogP contribution >= 0.6 is 0 Å². The van der Waals surface area contributed by atoms with E-state index >= 15 is 0 Å². The predicted molar refractivity (Wildman–Crippen MR) is 46.8 cm³/mol. The van der Waals surface area contributed by atoms with Crippen LogP contribution < -0.4 is 0 Å². The summed E-state index contributed by atoms with van der Waals surface area (Å²) in [7, 11) is 1.62. The van der Waals surface area contributed by atoms with Gasteiger partial charge < -0.3 is 4.79 Å². The quantitative estimate of drug-likeness (QED) is 0.401. The second-order valence-electron chi connectivity index (χ2n) is 3.53. The van der Waals surface area contributed by atoms with Gasteiger partial charge in [0.1, 0.15) is 18.2 Å². The van der Waals surface area contributed by atoms with Crippen molar-refractivity contribution in [1.29, 1.82) is 0 Å². The maximum Gasteiger partial charge on any atom is 0.311 e. The summed E-state index contributed by atoms with van der Waals surface area (Å²) in [5.41, 5.74) is -0.275. The van der Waals surface area contributed by atoms with Gasteiger partial charge in [-0.15, -0.1) is 0 Å². The molecule has 1 aliphatic rings. The molecule has 0 atom stereocenters. The van der Waals surface area contributed by atoms with Crippen LogP contribution in [0.2, 0.25) is 0 Å². The van der Waals surface area contributed by atoms with Crippen LogP contribution in [-0.4, -0.2) is 21.0 Å². The Bertz CT molecular complexity index is 406. The van der Waals surface area contributed by atoms with Gasteiger partial charge in [0, 0.05) is 7.05 Å². The summed E-state index contributed by atoms with van der Waals surface area (Å²) >= 11 is 0. The van der Waals surface area contributed by atoms with Crippen LogP contribution in [-0.2, 0) is 17.3 Å². The molecule has 0 N–H and O–H groups in total. The Balaban J connectivity index is 2.56. The monoisotopic (exact) mass is 195 g/mol. The molecule has 0 spiro atoms. The lowest BCUT2D eigenvalue weighted by atomic mass is 10.0. The van der Waals surface area contributed by atoms with Gasteiger partial charge in [0.05, 0.1) is 10.3 Å². The molecule has 1 saturated carbocycles. The average Bonchev–Trinajstić information content (AvgIpc) is 2.84. The third-order valence-electron chi connectivity index (χ3n) is 2.60. The number of aldehydes is 1. The normalized spacial score (nSPS) is 17.8. The number of rotatable bonds is 3. The number of carbonyl (C=O) groups excluding carboxylic acids is 1. The Labute approximate surface area is 79.7 Å². The van der Waals surface area contributed by atoms with Gasteiger partial charge in [-0.3, -0.25) is 14.8 Å². The fraction of sp³-hybridized carbons (Fsp3) is 0.500.